The molecular formula is C10H20BNO2S. The van der Waals surface area contributed by atoms with Crippen LogP contribution in [0.4, 0.5) is 0 Å². The highest BCUT2D eigenvalue weighted by molar-refractivity contribution is 7.90. The lowest BCUT2D eigenvalue weighted by atomic mass is 9.68. The van der Waals surface area contributed by atoms with Crippen molar-refractivity contribution in [2.24, 2.45) is 0 Å². The van der Waals surface area contributed by atoms with Crippen LogP contribution in [-0.2, 0) is 16.2 Å². The van der Waals surface area contributed by atoms with E-state index in [1.54, 1.807) is 0 Å². The summed E-state index contributed by atoms with van der Waals surface area (Å²) in [6.07, 6.45) is 2.83. The van der Waals surface area contributed by atoms with Gasteiger partial charge in [-0.1, -0.05) is 0 Å². The van der Waals surface area contributed by atoms with Crippen molar-refractivity contribution in [1.82, 2.24) is 4.72 Å². The number of nitrogens with one attached hydrogen (secondary N) is 1. The molecule has 0 bridgehead atoms. The Morgan fingerprint density at radius 3 is 2.27 bits per heavy atom. The fourth-order valence-corrected chi connectivity index (χ4v) is 2.52. The molecule has 0 aliphatic heterocycles. The molecule has 15 heavy (non-hydrogen) atoms. The summed E-state index contributed by atoms with van der Waals surface area (Å²) in [5.41, 5.74) is -0.133. The van der Waals surface area contributed by atoms with E-state index in [4.69, 9.17) is 0 Å². The first-order valence-electron chi connectivity index (χ1n) is 5.44. The summed E-state index contributed by atoms with van der Waals surface area (Å²) in [5, 5.41) is 0. The van der Waals surface area contributed by atoms with Crippen molar-refractivity contribution < 1.29 is 9.35 Å². The number of hydrogen-bond acceptors (Lipinski definition) is 3. The molecule has 0 spiro atoms. The maximum atomic E-state index is 11.9. The first kappa shape index (κ1) is 13.1. The molecule has 86 valence electrons. The monoisotopic (exact) mass is 229 g/mol. The van der Waals surface area contributed by atoms with Crippen LogP contribution in [0.15, 0.2) is 0 Å². The number of carbonyl (C=O) groups is 1. The van der Waals surface area contributed by atoms with Gasteiger partial charge in [0.2, 0.25) is 0 Å². The van der Waals surface area contributed by atoms with E-state index in [0.717, 1.165) is 12.8 Å². The zero-order valence-corrected chi connectivity index (χ0v) is 10.9. The van der Waals surface area contributed by atoms with Crippen molar-refractivity contribution in [2.75, 3.05) is 0 Å². The average molecular weight is 229 g/mol. The second-order valence-corrected chi connectivity index (χ2v) is 7.55. The van der Waals surface area contributed by atoms with Crippen LogP contribution >= 0.6 is 0 Å². The minimum atomic E-state index is -1.05. The minimum Gasteiger partial charge on any atom is -0.598 e. The molecule has 3 nitrogen and oxygen atoms in total. The van der Waals surface area contributed by atoms with Crippen molar-refractivity contribution in [3.63, 3.8) is 0 Å². The molecule has 1 saturated carbocycles. The van der Waals surface area contributed by atoms with E-state index in [1.807, 2.05) is 20.8 Å². The molecule has 1 rings (SSSR count). The molecule has 0 amide bonds. The maximum Gasteiger partial charge on any atom is 0.136 e. The van der Waals surface area contributed by atoms with Crippen LogP contribution in [0.1, 0.15) is 46.5 Å². The molecule has 1 aliphatic rings. The Morgan fingerprint density at radius 1 is 1.40 bits per heavy atom. The van der Waals surface area contributed by atoms with E-state index < -0.39 is 11.4 Å². The molecule has 1 atom stereocenters. The fourth-order valence-electron chi connectivity index (χ4n) is 1.56. The molecule has 0 aromatic carbocycles. The Morgan fingerprint density at radius 2 is 1.87 bits per heavy atom. The van der Waals surface area contributed by atoms with Gasteiger partial charge in [0.25, 0.3) is 0 Å². The topological polar surface area (TPSA) is 52.2 Å². The van der Waals surface area contributed by atoms with Crippen LogP contribution in [0.25, 0.3) is 0 Å². The summed E-state index contributed by atoms with van der Waals surface area (Å²) in [7, 11) is 2.06. The van der Waals surface area contributed by atoms with Crippen molar-refractivity contribution in [3.8, 4) is 0 Å². The Balaban J connectivity index is 2.53. The third-order valence-electron chi connectivity index (χ3n) is 2.81. The van der Waals surface area contributed by atoms with E-state index in [-0.39, 0.29) is 10.2 Å². The Hall–Kier alpha value is 0.00494. The summed E-state index contributed by atoms with van der Waals surface area (Å²) in [4.78, 5) is 11.1. The van der Waals surface area contributed by atoms with Gasteiger partial charge in [0.15, 0.2) is 0 Å². The van der Waals surface area contributed by atoms with Crippen molar-refractivity contribution in [3.05, 3.63) is 0 Å². The van der Waals surface area contributed by atoms with Gasteiger partial charge in [-0.2, -0.15) is 0 Å². The van der Waals surface area contributed by atoms with Crippen molar-refractivity contribution in [2.45, 2.75) is 56.6 Å². The number of rotatable bonds is 2. The lowest BCUT2D eigenvalue weighted by molar-refractivity contribution is -0.120. The molecule has 0 radical (unpaired) electrons. The molecule has 1 unspecified atom stereocenters. The Kier molecular flexibility index (Phi) is 3.90. The normalized spacial score (nSPS) is 23.9. The van der Waals surface area contributed by atoms with E-state index in [0.29, 0.717) is 18.6 Å². The van der Waals surface area contributed by atoms with Gasteiger partial charge < -0.3 is 4.55 Å². The molecule has 1 N–H and O–H groups in total. The zero-order chi connectivity index (χ0) is 11.7. The van der Waals surface area contributed by atoms with E-state index in [2.05, 4.69) is 12.6 Å². The summed E-state index contributed by atoms with van der Waals surface area (Å²) in [5.74, 6) is 0.329. The van der Waals surface area contributed by atoms with Crippen molar-refractivity contribution >= 4 is 25.0 Å². The SMILES string of the molecule is BC1(N[S+]([O-])C(C)(C)C)CCC(=O)CC1. The van der Waals surface area contributed by atoms with Crippen LogP contribution in [-0.4, -0.2) is 28.4 Å². The molecular weight excluding hydrogens is 209 g/mol. The fraction of sp³-hybridized carbons (Fsp3) is 0.900. The highest BCUT2D eigenvalue weighted by Crippen LogP contribution is 2.26. The van der Waals surface area contributed by atoms with Gasteiger partial charge in [-0.25, -0.2) is 0 Å². The molecule has 0 saturated heterocycles. The highest BCUT2D eigenvalue weighted by atomic mass is 32.2. The summed E-state index contributed by atoms with van der Waals surface area (Å²) in [6, 6.07) is 0. The standard InChI is InChI=1S/C10H20BNO2S/c1-9(2,3)15(14)12-10(11)6-4-8(13)5-7-10/h12H,4-7,11H2,1-3H3. The number of ketones is 1. The molecule has 0 aromatic rings. The van der Waals surface area contributed by atoms with Gasteiger partial charge in [0.1, 0.15) is 18.4 Å². The number of hydrogen-bond donors (Lipinski definition) is 1. The first-order chi connectivity index (χ1) is 6.73. The smallest absolute Gasteiger partial charge is 0.136 e. The van der Waals surface area contributed by atoms with Gasteiger partial charge >= 0.3 is 0 Å². The third-order valence-corrected chi connectivity index (χ3v) is 4.60. The van der Waals surface area contributed by atoms with Gasteiger partial charge in [-0.05, 0) is 33.6 Å². The van der Waals surface area contributed by atoms with Gasteiger partial charge in [-0.15, -0.1) is 4.72 Å². The van der Waals surface area contributed by atoms with E-state index in [1.165, 1.54) is 0 Å². The van der Waals surface area contributed by atoms with E-state index >= 15 is 0 Å². The molecule has 0 aromatic heterocycles. The lowest BCUT2D eigenvalue weighted by Crippen LogP contribution is -2.55. The summed E-state index contributed by atoms with van der Waals surface area (Å²) < 4.78 is 14.9. The summed E-state index contributed by atoms with van der Waals surface area (Å²) >= 11 is -1.05. The van der Waals surface area contributed by atoms with Gasteiger partial charge in [0.05, 0.1) is 0 Å². The first-order valence-corrected chi connectivity index (χ1v) is 6.59. The zero-order valence-electron chi connectivity index (χ0n) is 10.1. The molecule has 1 aliphatic carbocycles. The van der Waals surface area contributed by atoms with Gasteiger partial charge in [0, 0.05) is 29.6 Å². The van der Waals surface area contributed by atoms with Crippen LogP contribution in [0.2, 0.25) is 0 Å². The van der Waals surface area contributed by atoms with Crippen LogP contribution in [0.5, 0.6) is 0 Å². The highest BCUT2D eigenvalue weighted by Gasteiger charge is 2.37. The predicted octanol–water partition coefficient (Wildman–Crippen LogP) is 0.511. The minimum absolute atomic E-state index is 0.133. The van der Waals surface area contributed by atoms with Crippen LogP contribution in [0.3, 0.4) is 0 Å². The lowest BCUT2D eigenvalue weighted by Gasteiger charge is -2.37. The van der Waals surface area contributed by atoms with Crippen LogP contribution in [0, 0.1) is 0 Å². The van der Waals surface area contributed by atoms with E-state index in [9.17, 15) is 9.35 Å². The summed E-state index contributed by atoms with van der Waals surface area (Å²) in [6.45, 7) is 5.86. The predicted molar refractivity (Wildman–Crippen MR) is 65.8 cm³/mol. The van der Waals surface area contributed by atoms with Crippen molar-refractivity contribution in [1.29, 1.82) is 0 Å². The second-order valence-electron chi connectivity index (χ2n) is 5.58. The quantitative estimate of drug-likeness (QED) is 0.554. The average Bonchev–Trinajstić information content (AvgIpc) is 2.09. The maximum absolute atomic E-state index is 11.9. The second kappa shape index (κ2) is 4.48. The Bertz CT molecular complexity index is 242. The van der Waals surface area contributed by atoms with Gasteiger partial charge in [-0.3, -0.25) is 4.79 Å². The third kappa shape index (κ3) is 3.81. The molecule has 1 fully saturated rings. The number of Topliss-reactive ketones (excluding diaryl/α,β-unsaturated/α-hetero) is 1. The largest absolute Gasteiger partial charge is 0.598 e. The molecule has 0 heterocycles. The number of carbonyl (C=O) groups excluding carboxylic acids is 1. The van der Waals surface area contributed by atoms with Crippen LogP contribution < -0.4 is 4.72 Å². The molecule has 5 heteroatoms. The Labute approximate surface area is 96.1 Å².